The highest BCUT2D eigenvalue weighted by Crippen LogP contribution is 2.15. The van der Waals surface area contributed by atoms with Gasteiger partial charge < -0.3 is 20.1 Å². The standard InChI is InChI=1S/C21H27N3O4/c1-15(2)12-19(25)24-17-7-4-6-16(13-17)14-23-20(26)18-8-5-9-22-21(18)28-11-10-27-3/h4-9,13,15H,10-12,14H2,1-3H3,(H,23,26)(H,24,25). The van der Waals surface area contributed by atoms with Gasteiger partial charge in [-0.05, 0) is 35.7 Å². The molecule has 7 nitrogen and oxygen atoms in total. The Hall–Kier alpha value is -2.93. The van der Waals surface area contributed by atoms with Gasteiger partial charge in [0.25, 0.3) is 5.91 Å². The van der Waals surface area contributed by atoms with Gasteiger partial charge >= 0.3 is 0 Å². The van der Waals surface area contributed by atoms with Crippen LogP contribution in [0.2, 0.25) is 0 Å². The maximum atomic E-state index is 12.5. The molecule has 1 aromatic heterocycles. The van der Waals surface area contributed by atoms with Crippen LogP contribution in [0, 0.1) is 5.92 Å². The Morgan fingerprint density at radius 2 is 1.96 bits per heavy atom. The van der Waals surface area contributed by atoms with Gasteiger partial charge in [-0.2, -0.15) is 0 Å². The molecule has 0 fully saturated rings. The van der Waals surface area contributed by atoms with E-state index < -0.39 is 0 Å². The van der Waals surface area contributed by atoms with Gasteiger partial charge in [-0.15, -0.1) is 0 Å². The van der Waals surface area contributed by atoms with Crippen LogP contribution in [0.3, 0.4) is 0 Å². The third kappa shape index (κ3) is 7.00. The average Bonchev–Trinajstić information content (AvgIpc) is 2.66. The van der Waals surface area contributed by atoms with Crippen molar-refractivity contribution in [2.45, 2.75) is 26.8 Å². The van der Waals surface area contributed by atoms with Crippen LogP contribution in [0.25, 0.3) is 0 Å². The number of benzene rings is 1. The summed E-state index contributed by atoms with van der Waals surface area (Å²) in [5.41, 5.74) is 1.95. The van der Waals surface area contributed by atoms with Crippen molar-refractivity contribution in [2.24, 2.45) is 5.92 Å². The molecular weight excluding hydrogens is 358 g/mol. The van der Waals surface area contributed by atoms with E-state index >= 15 is 0 Å². The van der Waals surface area contributed by atoms with Crippen molar-refractivity contribution < 1.29 is 19.1 Å². The summed E-state index contributed by atoms with van der Waals surface area (Å²) in [5.74, 6) is 0.258. The van der Waals surface area contributed by atoms with E-state index in [-0.39, 0.29) is 17.7 Å². The lowest BCUT2D eigenvalue weighted by Crippen LogP contribution is -2.24. The smallest absolute Gasteiger partial charge is 0.257 e. The number of aromatic nitrogens is 1. The molecule has 2 amide bonds. The SMILES string of the molecule is COCCOc1ncccc1C(=O)NCc1cccc(NC(=O)CC(C)C)c1. The van der Waals surface area contributed by atoms with Crippen LogP contribution in [0.4, 0.5) is 5.69 Å². The molecule has 28 heavy (non-hydrogen) atoms. The molecule has 0 aliphatic rings. The minimum Gasteiger partial charge on any atom is -0.475 e. The summed E-state index contributed by atoms with van der Waals surface area (Å²) in [7, 11) is 1.58. The molecule has 0 bridgehead atoms. The van der Waals surface area contributed by atoms with Gasteiger partial charge in [0, 0.05) is 32.0 Å². The Morgan fingerprint density at radius 3 is 2.71 bits per heavy atom. The fourth-order valence-electron chi connectivity index (χ4n) is 2.52. The molecule has 150 valence electrons. The monoisotopic (exact) mass is 385 g/mol. The highest BCUT2D eigenvalue weighted by Gasteiger charge is 2.13. The van der Waals surface area contributed by atoms with Gasteiger partial charge in [0.1, 0.15) is 12.2 Å². The molecule has 7 heteroatoms. The molecule has 0 saturated heterocycles. The van der Waals surface area contributed by atoms with Crippen molar-refractivity contribution in [1.82, 2.24) is 10.3 Å². The summed E-state index contributed by atoms with van der Waals surface area (Å²) in [6.07, 6.45) is 2.04. The minimum absolute atomic E-state index is 0.0237. The first-order chi connectivity index (χ1) is 13.5. The van der Waals surface area contributed by atoms with Crippen LogP contribution < -0.4 is 15.4 Å². The fraction of sp³-hybridized carbons (Fsp3) is 0.381. The zero-order valence-electron chi connectivity index (χ0n) is 16.5. The lowest BCUT2D eigenvalue weighted by molar-refractivity contribution is -0.116. The number of nitrogens with zero attached hydrogens (tertiary/aromatic N) is 1. The second-order valence-corrected chi connectivity index (χ2v) is 6.73. The fourth-order valence-corrected chi connectivity index (χ4v) is 2.52. The van der Waals surface area contributed by atoms with Crippen molar-refractivity contribution in [3.63, 3.8) is 0 Å². The number of hydrogen-bond acceptors (Lipinski definition) is 5. The number of nitrogens with one attached hydrogen (secondary N) is 2. The maximum Gasteiger partial charge on any atom is 0.257 e. The predicted molar refractivity (Wildman–Crippen MR) is 107 cm³/mol. The number of methoxy groups -OCH3 is 1. The number of carbonyl (C=O) groups excluding carboxylic acids is 2. The average molecular weight is 385 g/mol. The van der Waals surface area contributed by atoms with E-state index in [0.717, 1.165) is 5.56 Å². The number of pyridine rings is 1. The minimum atomic E-state index is -0.283. The van der Waals surface area contributed by atoms with Crippen LogP contribution in [-0.4, -0.2) is 37.1 Å². The summed E-state index contributed by atoms with van der Waals surface area (Å²) < 4.78 is 10.4. The molecule has 2 aromatic rings. The molecule has 2 rings (SSSR count). The van der Waals surface area contributed by atoms with Gasteiger partial charge in [0.2, 0.25) is 11.8 Å². The third-order valence-electron chi connectivity index (χ3n) is 3.80. The van der Waals surface area contributed by atoms with Crippen molar-refractivity contribution >= 4 is 17.5 Å². The Balaban J connectivity index is 1.96. The summed E-state index contributed by atoms with van der Waals surface area (Å²) in [6.45, 7) is 5.03. The van der Waals surface area contributed by atoms with Crippen molar-refractivity contribution in [3.05, 3.63) is 53.7 Å². The maximum absolute atomic E-state index is 12.5. The molecular formula is C21H27N3O4. The van der Waals surface area contributed by atoms with Gasteiger partial charge in [-0.25, -0.2) is 4.98 Å². The third-order valence-corrected chi connectivity index (χ3v) is 3.80. The molecule has 0 aliphatic heterocycles. The molecule has 0 saturated carbocycles. The van der Waals surface area contributed by atoms with E-state index in [0.29, 0.717) is 43.3 Å². The Labute approximate surface area is 165 Å². The molecule has 0 spiro atoms. The van der Waals surface area contributed by atoms with Gasteiger partial charge in [0.05, 0.1) is 6.61 Å². The Kier molecular flexibility index (Phi) is 8.42. The van der Waals surface area contributed by atoms with Crippen LogP contribution >= 0.6 is 0 Å². The molecule has 1 heterocycles. The normalized spacial score (nSPS) is 10.6. The molecule has 2 N–H and O–H groups in total. The first-order valence-electron chi connectivity index (χ1n) is 9.23. The van der Waals surface area contributed by atoms with Gasteiger partial charge in [-0.3, -0.25) is 9.59 Å². The van der Waals surface area contributed by atoms with E-state index in [2.05, 4.69) is 15.6 Å². The van der Waals surface area contributed by atoms with E-state index in [1.165, 1.54) is 0 Å². The van der Waals surface area contributed by atoms with E-state index in [1.54, 1.807) is 25.4 Å². The highest BCUT2D eigenvalue weighted by molar-refractivity contribution is 5.96. The van der Waals surface area contributed by atoms with Crippen LogP contribution in [0.15, 0.2) is 42.6 Å². The zero-order valence-corrected chi connectivity index (χ0v) is 16.5. The summed E-state index contributed by atoms with van der Waals surface area (Å²) >= 11 is 0. The highest BCUT2D eigenvalue weighted by atomic mass is 16.5. The first kappa shape index (κ1) is 21.4. The van der Waals surface area contributed by atoms with Crippen LogP contribution in [0.1, 0.15) is 36.2 Å². The second-order valence-electron chi connectivity index (χ2n) is 6.73. The summed E-state index contributed by atoms with van der Waals surface area (Å²) in [4.78, 5) is 28.6. The van der Waals surface area contributed by atoms with Crippen LogP contribution in [0.5, 0.6) is 5.88 Å². The lowest BCUT2D eigenvalue weighted by atomic mass is 10.1. The molecule has 0 radical (unpaired) electrons. The summed E-state index contributed by atoms with van der Waals surface area (Å²) in [6, 6.07) is 10.7. The number of rotatable bonds is 10. The molecule has 0 atom stereocenters. The van der Waals surface area contributed by atoms with Crippen molar-refractivity contribution in [2.75, 3.05) is 25.6 Å². The number of carbonyl (C=O) groups is 2. The Morgan fingerprint density at radius 1 is 1.14 bits per heavy atom. The van der Waals surface area contributed by atoms with Crippen molar-refractivity contribution in [1.29, 1.82) is 0 Å². The first-order valence-corrected chi connectivity index (χ1v) is 9.23. The molecule has 0 unspecified atom stereocenters. The second kappa shape index (κ2) is 11.0. The lowest BCUT2D eigenvalue weighted by Gasteiger charge is -2.11. The predicted octanol–water partition coefficient (Wildman–Crippen LogP) is 3.02. The summed E-state index contributed by atoms with van der Waals surface area (Å²) in [5, 5.41) is 5.73. The molecule has 1 aromatic carbocycles. The van der Waals surface area contributed by atoms with Crippen LogP contribution in [-0.2, 0) is 16.1 Å². The zero-order chi connectivity index (χ0) is 20.4. The topological polar surface area (TPSA) is 89.6 Å². The van der Waals surface area contributed by atoms with E-state index in [4.69, 9.17) is 9.47 Å². The van der Waals surface area contributed by atoms with Gasteiger partial charge in [-0.1, -0.05) is 26.0 Å². The quantitative estimate of drug-likeness (QED) is 0.614. The Bertz CT molecular complexity index is 793. The number of anilines is 1. The number of amides is 2. The van der Waals surface area contributed by atoms with E-state index in [9.17, 15) is 9.59 Å². The number of ether oxygens (including phenoxy) is 2. The molecule has 0 aliphatic carbocycles. The largest absolute Gasteiger partial charge is 0.475 e. The van der Waals surface area contributed by atoms with E-state index in [1.807, 2.05) is 38.1 Å². The van der Waals surface area contributed by atoms with Crippen molar-refractivity contribution in [3.8, 4) is 5.88 Å². The number of hydrogen-bond donors (Lipinski definition) is 2. The van der Waals surface area contributed by atoms with Gasteiger partial charge in [0.15, 0.2) is 0 Å².